The number of likely N-dealkylation sites (tertiary alicyclic amines) is 1. The maximum Gasteiger partial charge on any atom is 0.104 e. The van der Waals surface area contributed by atoms with Crippen molar-refractivity contribution in [3.05, 3.63) is 10.6 Å². The first-order chi connectivity index (χ1) is 5.29. The molecular formula is C8H13Cl2N. The Morgan fingerprint density at radius 3 is 2.36 bits per heavy atom. The molecule has 1 rings (SSSR count). The Hall–Kier alpha value is 0.280. The molecule has 0 atom stereocenters. The van der Waals surface area contributed by atoms with E-state index in [9.17, 15) is 0 Å². The van der Waals surface area contributed by atoms with Crippen LogP contribution < -0.4 is 0 Å². The van der Waals surface area contributed by atoms with Crippen molar-refractivity contribution in [1.82, 2.24) is 4.90 Å². The van der Waals surface area contributed by atoms with Crippen LogP contribution in [-0.4, -0.2) is 24.5 Å². The molecule has 1 nitrogen and oxygen atoms in total. The largest absolute Gasteiger partial charge is 0.300 e. The maximum absolute atomic E-state index is 5.50. The van der Waals surface area contributed by atoms with Crippen LogP contribution in [0.2, 0.25) is 0 Å². The van der Waals surface area contributed by atoms with Crippen molar-refractivity contribution in [2.24, 2.45) is 0 Å². The Bertz CT molecular complexity index is 135. The van der Waals surface area contributed by atoms with Gasteiger partial charge in [0, 0.05) is 6.54 Å². The fourth-order valence-corrected chi connectivity index (χ4v) is 1.48. The average Bonchev–Trinajstić information content (AvgIpc) is 2.03. The second-order valence-corrected chi connectivity index (χ2v) is 3.86. The van der Waals surface area contributed by atoms with Gasteiger partial charge < -0.3 is 0 Å². The third-order valence-corrected chi connectivity index (χ3v) is 2.26. The van der Waals surface area contributed by atoms with Crippen LogP contribution in [0.4, 0.5) is 0 Å². The van der Waals surface area contributed by atoms with E-state index in [2.05, 4.69) is 4.90 Å². The molecule has 3 heteroatoms. The predicted molar refractivity (Wildman–Crippen MR) is 50.1 cm³/mol. The summed E-state index contributed by atoms with van der Waals surface area (Å²) in [4.78, 5) is 2.37. The van der Waals surface area contributed by atoms with Crippen molar-refractivity contribution in [2.45, 2.75) is 19.3 Å². The number of piperidine rings is 1. The first-order valence-electron chi connectivity index (χ1n) is 4.02. The number of hydrogen-bond acceptors (Lipinski definition) is 1. The summed E-state index contributed by atoms with van der Waals surface area (Å²) in [6.45, 7) is 3.29. The van der Waals surface area contributed by atoms with E-state index >= 15 is 0 Å². The lowest BCUT2D eigenvalue weighted by Crippen LogP contribution is -2.29. The van der Waals surface area contributed by atoms with Crippen LogP contribution in [0.25, 0.3) is 0 Å². The first kappa shape index (κ1) is 9.37. The standard InChI is InChI=1S/C8H13Cl2N/c9-8(10)4-7-11-5-2-1-3-6-11/h4H,1-3,5-7H2. The summed E-state index contributed by atoms with van der Waals surface area (Å²) < 4.78 is 0.385. The van der Waals surface area contributed by atoms with Crippen LogP contribution >= 0.6 is 23.2 Å². The van der Waals surface area contributed by atoms with Gasteiger partial charge in [-0.1, -0.05) is 29.6 Å². The van der Waals surface area contributed by atoms with E-state index in [1.807, 2.05) is 6.08 Å². The van der Waals surface area contributed by atoms with E-state index in [1.54, 1.807) is 0 Å². The van der Waals surface area contributed by atoms with Gasteiger partial charge in [0.05, 0.1) is 0 Å². The second kappa shape index (κ2) is 5.02. The number of halogens is 2. The Balaban J connectivity index is 2.19. The lowest BCUT2D eigenvalue weighted by atomic mass is 10.1. The molecule has 0 bridgehead atoms. The van der Waals surface area contributed by atoms with E-state index in [1.165, 1.54) is 32.4 Å². The minimum Gasteiger partial charge on any atom is -0.300 e. The van der Waals surface area contributed by atoms with E-state index in [0.717, 1.165) is 6.54 Å². The zero-order valence-electron chi connectivity index (χ0n) is 6.52. The Kier molecular flexibility index (Phi) is 4.28. The molecule has 1 fully saturated rings. The lowest BCUT2D eigenvalue weighted by molar-refractivity contribution is 0.251. The predicted octanol–water partition coefficient (Wildman–Crippen LogP) is 2.79. The van der Waals surface area contributed by atoms with Crippen molar-refractivity contribution in [2.75, 3.05) is 19.6 Å². The SMILES string of the molecule is ClC(Cl)=CCN1CCCCC1. The van der Waals surface area contributed by atoms with Crippen LogP contribution in [0.3, 0.4) is 0 Å². The molecule has 1 aliphatic heterocycles. The molecule has 0 aromatic rings. The minimum absolute atomic E-state index is 0.385. The smallest absolute Gasteiger partial charge is 0.104 e. The van der Waals surface area contributed by atoms with Gasteiger partial charge in [-0.15, -0.1) is 0 Å². The molecule has 0 spiro atoms. The fraction of sp³-hybridized carbons (Fsp3) is 0.750. The molecule has 0 N–H and O–H groups in total. The summed E-state index contributed by atoms with van der Waals surface area (Å²) >= 11 is 11.0. The van der Waals surface area contributed by atoms with Crippen LogP contribution in [0.15, 0.2) is 10.6 Å². The minimum atomic E-state index is 0.385. The molecule has 11 heavy (non-hydrogen) atoms. The normalized spacial score (nSPS) is 19.8. The Morgan fingerprint density at radius 2 is 1.82 bits per heavy atom. The summed E-state index contributed by atoms with van der Waals surface area (Å²) in [6, 6.07) is 0. The molecular weight excluding hydrogens is 181 g/mol. The summed E-state index contributed by atoms with van der Waals surface area (Å²) in [5.41, 5.74) is 0. The average molecular weight is 194 g/mol. The van der Waals surface area contributed by atoms with Gasteiger partial charge in [0.1, 0.15) is 4.49 Å². The summed E-state index contributed by atoms with van der Waals surface area (Å²) in [5, 5.41) is 0. The highest BCUT2D eigenvalue weighted by molar-refractivity contribution is 6.55. The molecule has 1 heterocycles. The van der Waals surface area contributed by atoms with Gasteiger partial charge in [-0.25, -0.2) is 0 Å². The van der Waals surface area contributed by atoms with Crippen molar-refractivity contribution < 1.29 is 0 Å². The molecule has 0 radical (unpaired) electrons. The molecule has 0 saturated carbocycles. The van der Waals surface area contributed by atoms with Crippen molar-refractivity contribution in [3.8, 4) is 0 Å². The van der Waals surface area contributed by atoms with Gasteiger partial charge in [-0.3, -0.25) is 4.90 Å². The molecule has 0 aromatic heterocycles. The van der Waals surface area contributed by atoms with E-state index in [0.29, 0.717) is 4.49 Å². The second-order valence-electron chi connectivity index (χ2n) is 2.86. The molecule has 1 aliphatic rings. The van der Waals surface area contributed by atoms with E-state index in [4.69, 9.17) is 23.2 Å². The highest BCUT2D eigenvalue weighted by Gasteiger charge is 2.07. The van der Waals surface area contributed by atoms with Gasteiger partial charge in [0.2, 0.25) is 0 Å². The van der Waals surface area contributed by atoms with Gasteiger partial charge in [-0.05, 0) is 32.0 Å². The zero-order valence-corrected chi connectivity index (χ0v) is 8.03. The molecule has 64 valence electrons. The van der Waals surface area contributed by atoms with E-state index < -0.39 is 0 Å². The highest BCUT2D eigenvalue weighted by atomic mass is 35.5. The summed E-state index contributed by atoms with van der Waals surface area (Å²) in [6.07, 6.45) is 5.85. The monoisotopic (exact) mass is 193 g/mol. The summed E-state index contributed by atoms with van der Waals surface area (Å²) in [7, 11) is 0. The lowest BCUT2D eigenvalue weighted by Gasteiger charge is -2.24. The Labute approximate surface area is 78.0 Å². The highest BCUT2D eigenvalue weighted by Crippen LogP contribution is 2.10. The molecule has 1 saturated heterocycles. The third-order valence-electron chi connectivity index (χ3n) is 1.95. The third kappa shape index (κ3) is 4.00. The maximum atomic E-state index is 5.50. The number of nitrogens with zero attached hydrogens (tertiary/aromatic N) is 1. The molecule has 0 unspecified atom stereocenters. The van der Waals surface area contributed by atoms with Gasteiger partial charge >= 0.3 is 0 Å². The molecule has 0 aliphatic carbocycles. The first-order valence-corrected chi connectivity index (χ1v) is 4.78. The van der Waals surface area contributed by atoms with Crippen LogP contribution in [0, 0.1) is 0 Å². The van der Waals surface area contributed by atoms with Crippen LogP contribution in [0.1, 0.15) is 19.3 Å². The van der Waals surface area contributed by atoms with Gasteiger partial charge in [0.25, 0.3) is 0 Å². The summed E-state index contributed by atoms with van der Waals surface area (Å²) in [5.74, 6) is 0. The van der Waals surface area contributed by atoms with Crippen molar-refractivity contribution in [3.63, 3.8) is 0 Å². The number of hydrogen-bond donors (Lipinski definition) is 0. The quantitative estimate of drug-likeness (QED) is 0.653. The molecule has 0 aromatic carbocycles. The topological polar surface area (TPSA) is 3.24 Å². The van der Waals surface area contributed by atoms with Gasteiger partial charge in [-0.2, -0.15) is 0 Å². The van der Waals surface area contributed by atoms with Crippen molar-refractivity contribution in [1.29, 1.82) is 0 Å². The zero-order chi connectivity index (χ0) is 8.10. The van der Waals surface area contributed by atoms with Crippen LogP contribution in [-0.2, 0) is 0 Å². The fourth-order valence-electron chi connectivity index (χ4n) is 1.34. The molecule has 0 amide bonds. The van der Waals surface area contributed by atoms with Crippen LogP contribution in [0.5, 0.6) is 0 Å². The Morgan fingerprint density at radius 1 is 1.18 bits per heavy atom. The number of rotatable bonds is 2. The van der Waals surface area contributed by atoms with Gasteiger partial charge in [0.15, 0.2) is 0 Å². The van der Waals surface area contributed by atoms with E-state index in [-0.39, 0.29) is 0 Å². The van der Waals surface area contributed by atoms with Crippen molar-refractivity contribution >= 4 is 23.2 Å².